The predicted molar refractivity (Wildman–Crippen MR) is 88.9 cm³/mol. The van der Waals surface area contributed by atoms with Crippen LogP contribution in [0.4, 0.5) is 5.69 Å². The molecule has 21 heavy (non-hydrogen) atoms. The summed E-state index contributed by atoms with van der Waals surface area (Å²) in [5.74, 6) is 0.884. The van der Waals surface area contributed by atoms with E-state index in [-0.39, 0.29) is 0 Å². The highest BCUT2D eigenvalue weighted by atomic mass is 16.5. The van der Waals surface area contributed by atoms with Crippen LogP contribution in [0.5, 0.6) is 5.75 Å². The molecule has 3 nitrogen and oxygen atoms in total. The van der Waals surface area contributed by atoms with Crippen LogP contribution in [0.1, 0.15) is 17.5 Å². The molecule has 3 heteroatoms. The molecular weight excluding hydrogens is 260 g/mol. The summed E-state index contributed by atoms with van der Waals surface area (Å²) in [6.45, 7) is 4.65. The lowest BCUT2D eigenvalue weighted by Crippen LogP contribution is -2.25. The van der Waals surface area contributed by atoms with Crippen LogP contribution < -0.4 is 15.4 Å². The molecule has 2 rings (SSSR count). The zero-order valence-corrected chi connectivity index (χ0v) is 12.9. The lowest BCUT2D eigenvalue weighted by atomic mass is 10.1. The van der Waals surface area contributed by atoms with E-state index in [0.29, 0.717) is 6.54 Å². The number of hydrogen-bond donors (Lipinski definition) is 1. The SMILES string of the molecule is COc1cccc(N(CCCN)Cc2cccc(C)c2)c1. The second-order valence-corrected chi connectivity index (χ2v) is 5.25. The molecule has 0 spiro atoms. The standard InChI is InChI=1S/C18H24N2O/c1-15-6-3-7-16(12-15)14-20(11-5-10-19)17-8-4-9-18(13-17)21-2/h3-4,6-9,12-13H,5,10-11,14,19H2,1-2H3. The number of aryl methyl sites for hydroxylation is 1. The molecule has 0 saturated carbocycles. The van der Waals surface area contributed by atoms with Crippen LogP contribution in [0.3, 0.4) is 0 Å². The summed E-state index contributed by atoms with van der Waals surface area (Å²) in [5.41, 5.74) is 9.45. The van der Waals surface area contributed by atoms with Crippen LogP contribution in [0.2, 0.25) is 0 Å². The number of nitrogens with zero attached hydrogens (tertiary/aromatic N) is 1. The van der Waals surface area contributed by atoms with E-state index in [1.807, 2.05) is 12.1 Å². The van der Waals surface area contributed by atoms with E-state index in [9.17, 15) is 0 Å². The first kappa shape index (κ1) is 15.4. The van der Waals surface area contributed by atoms with Crippen molar-refractivity contribution in [2.24, 2.45) is 5.73 Å². The van der Waals surface area contributed by atoms with Crippen molar-refractivity contribution in [3.8, 4) is 5.75 Å². The average Bonchev–Trinajstić information content (AvgIpc) is 2.51. The lowest BCUT2D eigenvalue weighted by Gasteiger charge is -2.25. The number of rotatable bonds is 7. The zero-order chi connectivity index (χ0) is 15.1. The molecule has 0 aliphatic rings. The van der Waals surface area contributed by atoms with Gasteiger partial charge in [0.1, 0.15) is 5.75 Å². The maximum atomic E-state index is 5.68. The van der Waals surface area contributed by atoms with Gasteiger partial charge in [-0.1, -0.05) is 35.9 Å². The van der Waals surface area contributed by atoms with Gasteiger partial charge in [0, 0.05) is 24.8 Å². The van der Waals surface area contributed by atoms with Crippen molar-refractivity contribution in [2.75, 3.05) is 25.1 Å². The van der Waals surface area contributed by atoms with Crippen molar-refractivity contribution < 1.29 is 4.74 Å². The van der Waals surface area contributed by atoms with Gasteiger partial charge in [-0.25, -0.2) is 0 Å². The van der Waals surface area contributed by atoms with Crippen molar-refractivity contribution in [2.45, 2.75) is 19.9 Å². The highest BCUT2D eigenvalue weighted by molar-refractivity contribution is 5.51. The van der Waals surface area contributed by atoms with Gasteiger partial charge >= 0.3 is 0 Å². The van der Waals surface area contributed by atoms with E-state index in [1.54, 1.807) is 7.11 Å². The molecule has 2 aromatic rings. The normalized spacial score (nSPS) is 10.4. The molecule has 0 aromatic heterocycles. The Morgan fingerprint density at radius 3 is 2.62 bits per heavy atom. The molecule has 2 aromatic carbocycles. The second-order valence-electron chi connectivity index (χ2n) is 5.25. The third-order valence-corrected chi connectivity index (χ3v) is 3.51. The minimum absolute atomic E-state index is 0.703. The van der Waals surface area contributed by atoms with Gasteiger partial charge in [0.25, 0.3) is 0 Å². The van der Waals surface area contributed by atoms with Gasteiger partial charge in [-0.2, -0.15) is 0 Å². The summed E-state index contributed by atoms with van der Waals surface area (Å²) in [7, 11) is 1.70. The topological polar surface area (TPSA) is 38.5 Å². The van der Waals surface area contributed by atoms with Crippen molar-refractivity contribution in [1.82, 2.24) is 0 Å². The third-order valence-electron chi connectivity index (χ3n) is 3.51. The Morgan fingerprint density at radius 2 is 1.90 bits per heavy atom. The van der Waals surface area contributed by atoms with Gasteiger partial charge in [0.15, 0.2) is 0 Å². The Kier molecular flexibility index (Phi) is 5.64. The van der Waals surface area contributed by atoms with Gasteiger partial charge in [-0.3, -0.25) is 0 Å². The number of ether oxygens (including phenoxy) is 1. The molecule has 0 atom stereocenters. The lowest BCUT2D eigenvalue weighted by molar-refractivity contribution is 0.414. The largest absolute Gasteiger partial charge is 0.497 e. The number of anilines is 1. The van der Waals surface area contributed by atoms with Crippen molar-refractivity contribution >= 4 is 5.69 Å². The monoisotopic (exact) mass is 284 g/mol. The summed E-state index contributed by atoms with van der Waals surface area (Å²) in [5, 5.41) is 0. The van der Waals surface area contributed by atoms with Crippen LogP contribution >= 0.6 is 0 Å². The van der Waals surface area contributed by atoms with Crippen LogP contribution in [0.25, 0.3) is 0 Å². The molecule has 2 N–H and O–H groups in total. The van der Waals surface area contributed by atoms with Gasteiger partial charge in [-0.05, 0) is 37.6 Å². The van der Waals surface area contributed by atoms with E-state index in [2.05, 4.69) is 48.2 Å². The fraction of sp³-hybridized carbons (Fsp3) is 0.333. The summed E-state index contributed by atoms with van der Waals surface area (Å²) < 4.78 is 5.33. The zero-order valence-electron chi connectivity index (χ0n) is 12.9. The number of nitrogens with two attached hydrogens (primary N) is 1. The molecule has 0 unspecified atom stereocenters. The van der Waals surface area contributed by atoms with Crippen LogP contribution in [0, 0.1) is 6.92 Å². The maximum Gasteiger partial charge on any atom is 0.120 e. The van der Waals surface area contributed by atoms with Gasteiger partial charge < -0.3 is 15.4 Å². The first-order chi connectivity index (χ1) is 10.2. The number of methoxy groups -OCH3 is 1. The highest BCUT2D eigenvalue weighted by Crippen LogP contribution is 2.23. The molecule has 0 amide bonds. The van der Waals surface area contributed by atoms with Crippen LogP contribution in [-0.2, 0) is 6.54 Å². The Balaban J connectivity index is 2.20. The Labute approximate surface area is 127 Å². The number of hydrogen-bond acceptors (Lipinski definition) is 3. The molecular formula is C18H24N2O. The van der Waals surface area contributed by atoms with Crippen molar-refractivity contribution in [3.05, 3.63) is 59.7 Å². The van der Waals surface area contributed by atoms with E-state index in [1.165, 1.54) is 16.8 Å². The summed E-state index contributed by atoms with van der Waals surface area (Å²) in [6, 6.07) is 16.8. The highest BCUT2D eigenvalue weighted by Gasteiger charge is 2.08. The molecule has 0 aliphatic carbocycles. The predicted octanol–water partition coefficient (Wildman–Crippen LogP) is 3.36. The minimum atomic E-state index is 0.703. The van der Waals surface area contributed by atoms with Crippen LogP contribution in [0.15, 0.2) is 48.5 Å². The first-order valence-electron chi connectivity index (χ1n) is 7.37. The fourth-order valence-corrected chi connectivity index (χ4v) is 2.42. The molecule has 0 aliphatic heterocycles. The van der Waals surface area contributed by atoms with Gasteiger partial charge in [-0.15, -0.1) is 0 Å². The average molecular weight is 284 g/mol. The summed E-state index contributed by atoms with van der Waals surface area (Å²) >= 11 is 0. The summed E-state index contributed by atoms with van der Waals surface area (Å²) in [6.07, 6.45) is 0.975. The van der Waals surface area contributed by atoms with E-state index in [4.69, 9.17) is 10.5 Å². The van der Waals surface area contributed by atoms with Gasteiger partial charge in [0.2, 0.25) is 0 Å². The second kappa shape index (κ2) is 7.70. The van der Waals surface area contributed by atoms with E-state index >= 15 is 0 Å². The molecule has 0 saturated heterocycles. The first-order valence-corrected chi connectivity index (χ1v) is 7.37. The smallest absolute Gasteiger partial charge is 0.120 e. The molecule has 0 bridgehead atoms. The van der Waals surface area contributed by atoms with Crippen molar-refractivity contribution in [1.29, 1.82) is 0 Å². The van der Waals surface area contributed by atoms with Crippen LogP contribution in [-0.4, -0.2) is 20.2 Å². The van der Waals surface area contributed by atoms with E-state index in [0.717, 1.165) is 25.3 Å². The molecule has 112 valence electrons. The molecule has 0 radical (unpaired) electrons. The summed E-state index contributed by atoms with van der Waals surface area (Å²) in [4.78, 5) is 2.35. The molecule has 0 heterocycles. The van der Waals surface area contributed by atoms with Crippen molar-refractivity contribution in [3.63, 3.8) is 0 Å². The molecule has 0 fully saturated rings. The quantitative estimate of drug-likeness (QED) is 0.847. The van der Waals surface area contributed by atoms with E-state index < -0.39 is 0 Å². The third kappa shape index (κ3) is 4.50. The maximum absolute atomic E-state index is 5.68. The number of benzene rings is 2. The minimum Gasteiger partial charge on any atom is -0.497 e. The Morgan fingerprint density at radius 1 is 1.10 bits per heavy atom. The Bertz CT molecular complexity index is 569. The Hall–Kier alpha value is -2.00. The fourth-order valence-electron chi connectivity index (χ4n) is 2.42. The van der Waals surface area contributed by atoms with Gasteiger partial charge in [0.05, 0.1) is 7.11 Å².